The zero-order valence-corrected chi connectivity index (χ0v) is 19.8. The lowest BCUT2D eigenvalue weighted by atomic mass is 9.89. The molecule has 7 nitrogen and oxygen atoms in total. The molecule has 31 heavy (non-hydrogen) atoms. The van der Waals surface area contributed by atoms with Crippen molar-refractivity contribution in [3.8, 4) is 0 Å². The molecule has 8 heteroatoms. The van der Waals surface area contributed by atoms with Crippen LogP contribution in [0.1, 0.15) is 78.1 Å². The first-order valence-electron chi connectivity index (χ1n) is 11.6. The first-order valence-corrected chi connectivity index (χ1v) is 13.3. The van der Waals surface area contributed by atoms with Crippen LogP contribution in [0.15, 0.2) is 24.3 Å². The summed E-state index contributed by atoms with van der Waals surface area (Å²) in [5, 5.41) is 30.7. The van der Waals surface area contributed by atoms with E-state index in [9.17, 15) is 28.5 Å². The van der Waals surface area contributed by atoms with Crippen molar-refractivity contribution < 1.29 is 28.5 Å². The molecule has 0 aromatic heterocycles. The second-order valence-electron chi connectivity index (χ2n) is 8.50. The Balaban J connectivity index is 2.42. The molecule has 1 saturated carbocycles. The van der Waals surface area contributed by atoms with E-state index < -0.39 is 34.2 Å². The Morgan fingerprint density at radius 3 is 2.52 bits per heavy atom. The summed E-state index contributed by atoms with van der Waals surface area (Å²) in [5.41, 5.74) is 0. The van der Waals surface area contributed by atoms with Crippen LogP contribution in [-0.2, 0) is 14.8 Å². The molecule has 4 N–H and O–H groups in total. The smallest absolute Gasteiger partial charge is 0.234 e. The monoisotopic (exact) mass is 459 g/mol. The minimum Gasteiger partial charge on any atom is -0.393 e. The molecule has 0 unspecified atom stereocenters. The maximum Gasteiger partial charge on any atom is 0.234 e. The summed E-state index contributed by atoms with van der Waals surface area (Å²) >= 11 is 0. The highest BCUT2D eigenvalue weighted by molar-refractivity contribution is 7.90. The van der Waals surface area contributed by atoms with E-state index in [-0.39, 0.29) is 24.0 Å². The van der Waals surface area contributed by atoms with Gasteiger partial charge < -0.3 is 15.3 Å². The Bertz CT molecular complexity index is 676. The van der Waals surface area contributed by atoms with Crippen LogP contribution in [0.5, 0.6) is 0 Å². The van der Waals surface area contributed by atoms with Crippen molar-refractivity contribution in [3.63, 3.8) is 0 Å². The molecule has 1 amide bonds. The van der Waals surface area contributed by atoms with Crippen molar-refractivity contribution in [3.05, 3.63) is 24.3 Å². The third-order valence-electron chi connectivity index (χ3n) is 5.67. The molecule has 1 aliphatic rings. The lowest BCUT2D eigenvalue weighted by molar-refractivity contribution is -0.119. The topological polar surface area (TPSA) is 124 Å². The van der Waals surface area contributed by atoms with E-state index in [1.54, 1.807) is 13.0 Å². The fourth-order valence-electron chi connectivity index (χ4n) is 3.96. The summed E-state index contributed by atoms with van der Waals surface area (Å²) in [6.07, 6.45) is 12.2. The largest absolute Gasteiger partial charge is 0.393 e. The fraction of sp³-hybridized carbons (Fsp3) is 0.783. The van der Waals surface area contributed by atoms with E-state index in [1.807, 2.05) is 18.2 Å². The van der Waals surface area contributed by atoms with Crippen LogP contribution in [0.2, 0.25) is 0 Å². The summed E-state index contributed by atoms with van der Waals surface area (Å²) in [5.74, 6) is -0.860. The number of sulfonamides is 1. The normalized spacial score (nSPS) is 25.5. The molecular formula is C23H41NO6S. The van der Waals surface area contributed by atoms with Gasteiger partial charge in [0.2, 0.25) is 15.9 Å². The number of amides is 1. The van der Waals surface area contributed by atoms with Gasteiger partial charge in [-0.1, -0.05) is 57.4 Å². The van der Waals surface area contributed by atoms with Gasteiger partial charge in [-0.05, 0) is 38.0 Å². The van der Waals surface area contributed by atoms with Gasteiger partial charge in [0, 0.05) is 18.8 Å². The average Bonchev–Trinajstić information content (AvgIpc) is 2.95. The van der Waals surface area contributed by atoms with E-state index in [0.717, 1.165) is 19.3 Å². The number of carbonyl (C=O) groups excluding carboxylic acids is 1. The van der Waals surface area contributed by atoms with Gasteiger partial charge in [0.15, 0.2) is 0 Å². The highest BCUT2D eigenvalue weighted by Crippen LogP contribution is 2.36. The zero-order chi connectivity index (χ0) is 23.3. The summed E-state index contributed by atoms with van der Waals surface area (Å²) in [7, 11) is -3.52. The molecule has 0 bridgehead atoms. The average molecular weight is 460 g/mol. The Morgan fingerprint density at radius 2 is 1.84 bits per heavy atom. The van der Waals surface area contributed by atoms with E-state index in [2.05, 4.69) is 11.6 Å². The highest BCUT2D eigenvalue weighted by atomic mass is 32.2. The van der Waals surface area contributed by atoms with Gasteiger partial charge in [0.1, 0.15) is 0 Å². The summed E-state index contributed by atoms with van der Waals surface area (Å²) in [6, 6.07) is 0. The number of unbranched alkanes of at least 4 members (excludes halogenated alkanes) is 3. The number of nitrogens with one attached hydrogen (secondary N) is 1. The standard InChI is InChI=1S/C23H41NO6S/c1-3-5-8-11-18(25)14-15-20-19(21(26)17-22(20)27)12-9-6-7-10-13-23(28)24-31(29,30)16-4-2/h6,9,14-15,18-22,25-27H,3-5,7-8,10-13,16-17H2,1-2H3,(H,24,28)/t18-,19+,20+,21-,22+/m0/s1. The van der Waals surface area contributed by atoms with Crippen molar-refractivity contribution in [1.29, 1.82) is 0 Å². The molecule has 0 aliphatic heterocycles. The fourth-order valence-corrected chi connectivity index (χ4v) is 5.05. The Morgan fingerprint density at radius 1 is 1.10 bits per heavy atom. The Kier molecular flexibility index (Phi) is 13.3. The van der Waals surface area contributed by atoms with Crippen LogP contribution in [0.25, 0.3) is 0 Å². The quantitative estimate of drug-likeness (QED) is 0.220. The molecule has 5 atom stereocenters. The Hall–Kier alpha value is -1.22. The number of aliphatic hydroxyl groups is 3. The number of allylic oxidation sites excluding steroid dienone is 2. The maximum absolute atomic E-state index is 11.7. The second kappa shape index (κ2) is 14.8. The van der Waals surface area contributed by atoms with Crippen molar-refractivity contribution in [1.82, 2.24) is 4.72 Å². The Labute approximate surface area is 187 Å². The molecule has 0 aromatic rings. The molecule has 0 radical (unpaired) electrons. The summed E-state index contributed by atoms with van der Waals surface area (Å²) in [4.78, 5) is 11.7. The van der Waals surface area contributed by atoms with Crippen molar-refractivity contribution >= 4 is 15.9 Å². The number of carbonyl (C=O) groups is 1. The first kappa shape index (κ1) is 27.8. The third kappa shape index (κ3) is 11.3. The van der Waals surface area contributed by atoms with Crippen LogP contribution in [-0.4, -0.2) is 53.7 Å². The lowest BCUT2D eigenvalue weighted by Gasteiger charge is -2.19. The van der Waals surface area contributed by atoms with Crippen LogP contribution < -0.4 is 4.72 Å². The van der Waals surface area contributed by atoms with Gasteiger partial charge in [-0.2, -0.15) is 0 Å². The van der Waals surface area contributed by atoms with Gasteiger partial charge in [-0.25, -0.2) is 8.42 Å². The molecule has 0 saturated heterocycles. The van der Waals surface area contributed by atoms with Gasteiger partial charge in [-0.3, -0.25) is 9.52 Å². The van der Waals surface area contributed by atoms with Gasteiger partial charge >= 0.3 is 0 Å². The lowest BCUT2D eigenvalue weighted by Crippen LogP contribution is -2.32. The number of hydrogen-bond acceptors (Lipinski definition) is 6. The number of aliphatic hydroxyl groups excluding tert-OH is 3. The van der Waals surface area contributed by atoms with E-state index in [0.29, 0.717) is 38.5 Å². The van der Waals surface area contributed by atoms with Crippen molar-refractivity contribution in [2.45, 2.75) is 96.4 Å². The highest BCUT2D eigenvalue weighted by Gasteiger charge is 2.39. The maximum atomic E-state index is 11.7. The molecule has 1 rings (SSSR count). The second-order valence-corrected chi connectivity index (χ2v) is 10.3. The summed E-state index contributed by atoms with van der Waals surface area (Å²) < 4.78 is 25.2. The van der Waals surface area contributed by atoms with E-state index in [1.165, 1.54) is 0 Å². The molecule has 1 aliphatic carbocycles. The SMILES string of the molecule is CCCCC[C@H](O)C=C[C@@H]1[C@@H](CC=CCCCC(=O)NS(=O)(=O)CCC)[C@@H](O)C[C@H]1O. The predicted octanol–water partition coefficient (Wildman–Crippen LogP) is 2.81. The zero-order valence-electron chi connectivity index (χ0n) is 18.9. The molecule has 0 aromatic carbocycles. The van der Waals surface area contributed by atoms with Crippen LogP contribution in [0.3, 0.4) is 0 Å². The van der Waals surface area contributed by atoms with E-state index in [4.69, 9.17) is 0 Å². The van der Waals surface area contributed by atoms with Crippen LogP contribution in [0.4, 0.5) is 0 Å². The molecule has 0 heterocycles. The van der Waals surface area contributed by atoms with Crippen molar-refractivity contribution in [2.75, 3.05) is 5.75 Å². The number of hydrogen-bond donors (Lipinski definition) is 4. The van der Waals surface area contributed by atoms with E-state index >= 15 is 0 Å². The predicted molar refractivity (Wildman–Crippen MR) is 123 cm³/mol. The molecule has 1 fully saturated rings. The van der Waals surface area contributed by atoms with Crippen LogP contribution in [0, 0.1) is 11.8 Å². The minimum atomic E-state index is -3.52. The van der Waals surface area contributed by atoms with Gasteiger partial charge in [0.05, 0.1) is 24.1 Å². The summed E-state index contributed by atoms with van der Waals surface area (Å²) in [6.45, 7) is 3.86. The van der Waals surface area contributed by atoms with Crippen LogP contribution >= 0.6 is 0 Å². The number of rotatable bonds is 15. The minimum absolute atomic E-state index is 0.0560. The van der Waals surface area contributed by atoms with Gasteiger partial charge in [-0.15, -0.1) is 0 Å². The first-order chi connectivity index (χ1) is 14.7. The molecule has 0 spiro atoms. The van der Waals surface area contributed by atoms with Gasteiger partial charge in [0.25, 0.3) is 0 Å². The van der Waals surface area contributed by atoms with Crippen molar-refractivity contribution in [2.24, 2.45) is 11.8 Å². The third-order valence-corrected chi connectivity index (χ3v) is 7.15. The molecular weight excluding hydrogens is 418 g/mol. The molecule has 180 valence electrons.